The average molecular weight is 195 g/mol. The second kappa shape index (κ2) is 4.15. The van der Waals surface area contributed by atoms with Crippen LogP contribution >= 0.6 is 0 Å². The van der Waals surface area contributed by atoms with Gasteiger partial charge in [0.2, 0.25) is 0 Å². The van der Waals surface area contributed by atoms with E-state index in [1.54, 1.807) is 13.8 Å². The average Bonchev–Trinajstić information content (AvgIpc) is 2.10. The number of aryl methyl sites for hydroxylation is 1. The van der Waals surface area contributed by atoms with Gasteiger partial charge in [0.1, 0.15) is 0 Å². The van der Waals surface area contributed by atoms with Gasteiger partial charge < -0.3 is 5.73 Å². The smallest absolute Gasteiger partial charge is 0.278 e. The molecule has 1 aromatic heterocycles. The summed E-state index contributed by atoms with van der Waals surface area (Å²) in [4.78, 5) is 14.5. The fourth-order valence-corrected chi connectivity index (χ4v) is 1.43. The molecule has 5 nitrogen and oxygen atoms in total. The standard InChI is InChI=1S/C9H13N3O2/c1-6-5-11-8(3-4-10)7(2)9(6)12(13)14/h5H,3-4,10H2,1-2H3. The lowest BCUT2D eigenvalue weighted by Crippen LogP contribution is -2.08. The number of hydrogen-bond acceptors (Lipinski definition) is 4. The number of aromatic nitrogens is 1. The molecule has 14 heavy (non-hydrogen) atoms. The Bertz CT molecular complexity index is 363. The summed E-state index contributed by atoms with van der Waals surface area (Å²) in [6.07, 6.45) is 2.10. The molecule has 0 spiro atoms. The van der Waals surface area contributed by atoms with Crippen LogP contribution in [0.3, 0.4) is 0 Å². The van der Waals surface area contributed by atoms with Crippen LogP contribution in [0.4, 0.5) is 5.69 Å². The van der Waals surface area contributed by atoms with Crippen LogP contribution in [0.25, 0.3) is 0 Å². The summed E-state index contributed by atoms with van der Waals surface area (Å²) in [5.41, 5.74) is 7.47. The van der Waals surface area contributed by atoms with Gasteiger partial charge in [-0.15, -0.1) is 0 Å². The minimum Gasteiger partial charge on any atom is -0.330 e. The largest absolute Gasteiger partial charge is 0.330 e. The van der Waals surface area contributed by atoms with Gasteiger partial charge in [0.05, 0.1) is 10.6 Å². The SMILES string of the molecule is Cc1cnc(CCN)c(C)c1[N+](=O)[O-]. The Morgan fingerprint density at radius 2 is 2.21 bits per heavy atom. The Labute approximate surface area is 82.1 Å². The molecule has 0 amide bonds. The monoisotopic (exact) mass is 195 g/mol. The molecule has 0 aliphatic heterocycles. The molecule has 0 saturated carbocycles. The maximum Gasteiger partial charge on any atom is 0.278 e. The predicted octanol–water partition coefficient (Wildman–Crippen LogP) is 1.11. The van der Waals surface area contributed by atoms with Crippen LogP contribution in [-0.2, 0) is 6.42 Å². The van der Waals surface area contributed by atoms with Crippen LogP contribution in [0.2, 0.25) is 0 Å². The Morgan fingerprint density at radius 1 is 1.57 bits per heavy atom. The summed E-state index contributed by atoms with van der Waals surface area (Å²) in [7, 11) is 0. The molecule has 0 aliphatic rings. The molecule has 0 fully saturated rings. The Morgan fingerprint density at radius 3 is 2.71 bits per heavy atom. The highest BCUT2D eigenvalue weighted by Crippen LogP contribution is 2.23. The van der Waals surface area contributed by atoms with Gasteiger partial charge in [-0.3, -0.25) is 15.1 Å². The maximum absolute atomic E-state index is 10.7. The van der Waals surface area contributed by atoms with Crippen molar-refractivity contribution in [1.82, 2.24) is 4.98 Å². The van der Waals surface area contributed by atoms with Gasteiger partial charge in [0.15, 0.2) is 0 Å². The first-order valence-electron chi connectivity index (χ1n) is 4.37. The molecule has 2 N–H and O–H groups in total. The molecule has 0 radical (unpaired) electrons. The normalized spacial score (nSPS) is 10.2. The first-order valence-corrected chi connectivity index (χ1v) is 4.37. The number of rotatable bonds is 3. The third kappa shape index (κ3) is 1.88. The van der Waals surface area contributed by atoms with Gasteiger partial charge in [0, 0.05) is 23.7 Å². The molecular weight excluding hydrogens is 182 g/mol. The van der Waals surface area contributed by atoms with Crippen LogP contribution < -0.4 is 5.73 Å². The van der Waals surface area contributed by atoms with E-state index in [0.29, 0.717) is 29.8 Å². The second-order valence-electron chi connectivity index (χ2n) is 3.16. The molecule has 0 aromatic carbocycles. The summed E-state index contributed by atoms with van der Waals surface area (Å²) >= 11 is 0. The molecule has 0 unspecified atom stereocenters. The van der Waals surface area contributed by atoms with Crippen molar-refractivity contribution in [2.75, 3.05) is 6.54 Å². The van der Waals surface area contributed by atoms with Gasteiger partial charge in [-0.1, -0.05) is 0 Å². The maximum atomic E-state index is 10.7. The van der Waals surface area contributed by atoms with Crippen LogP contribution in [0.5, 0.6) is 0 Å². The van der Waals surface area contributed by atoms with E-state index in [-0.39, 0.29) is 10.6 Å². The van der Waals surface area contributed by atoms with Crippen LogP contribution in [0, 0.1) is 24.0 Å². The molecule has 5 heteroatoms. The van der Waals surface area contributed by atoms with E-state index in [9.17, 15) is 10.1 Å². The zero-order chi connectivity index (χ0) is 10.7. The molecule has 0 saturated heterocycles. The van der Waals surface area contributed by atoms with Crippen molar-refractivity contribution in [3.05, 3.63) is 33.1 Å². The van der Waals surface area contributed by atoms with Crippen LogP contribution in [0.1, 0.15) is 16.8 Å². The molecule has 1 aromatic rings. The minimum absolute atomic E-state index is 0.156. The van der Waals surface area contributed by atoms with Crippen LogP contribution in [0.15, 0.2) is 6.20 Å². The summed E-state index contributed by atoms with van der Waals surface area (Å²) < 4.78 is 0. The van der Waals surface area contributed by atoms with E-state index in [1.807, 2.05) is 0 Å². The Balaban J connectivity index is 3.26. The molecule has 0 aliphatic carbocycles. The summed E-state index contributed by atoms with van der Waals surface area (Å²) in [6.45, 7) is 3.85. The Kier molecular flexibility index (Phi) is 3.14. The highest BCUT2D eigenvalue weighted by Gasteiger charge is 2.17. The van der Waals surface area contributed by atoms with Crippen molar-refractivity contribution in [2.45, 2.75) is 20.3 Å². The third-order valence-corrected chi connectivity index (χ3v) is 2.14. The third-order valence-electron chi connectivity index (χ3n) is 2.14. The number of nitro groups is 1. The fraction of sp³-hybridized carbons (Fsp3) is 0.444. The van der Waals surface area contributed by atoms with Crippen molar-refractivity contribution in [3.8, 4) is 0 Å². The first kappa shape index (κ1) is 10.6. The summed E-state index contributed by atoms with van der Waals surface area (Å²) in [6, 6.07) is 0. The quantitative estimate of drug-likeness (QED) is 0.578. The van der Waals surface area contributed by atoms with E-state index in [0.717, 1.165) is 0 Å². The van der Waals surface area contributed by atoms with Gasteiger partial charge >= 0.3 is 0 Å². The van der Waals surface area contributed by atoms with Crippen molar-refractivity contribution >= 4 is 5.69 Å². The molecule has 1 rings (SSSR count). The van der Waals surface area contributed by atoms with Gasteiger partial charge in [-0.05, 0) is 20.4 Å². The molecule has 1 heterocycles. The lowest BCUT2D eigenvalue weighted by molar-refractivity contribution is -0.386. The van der Waals surface area contributed by atoms with E-state index in [4.69, 9.17) is 5.73 Å². The van der Waals surface area contributed by atoms with E-state index < -0.39 is 0 Å². The van der Waals surface area contributed by atoms with Gasteiger partial charge in [-0.2, -0.15) is 0 Å². The van der Waals surface area contributed by atoms with Crippen LogP contribution in [-0.4, -0.2) is 16.5 Å². The fourth-order valence-electron chi connectivity index (χ4n) is 1.43. The van der Waals surface area contributed by atoms with Crippen molar-refractivity contribution in [3.63, 3.8) is 0 Å². The van der Waals surface area contributed by atoms with E-state index >= 15 is 0 Å². The Hall–Kier alpha value is -1.49. The summed E-state index contributed by atoms with van der Waals surface area (Å²) in [5, 5.41) is 10.7. The topological polar surface area (TPSA) is 82.0 Å². The number of pyridine rings is 1. The number of hydrogen-bond donors (Lipinski definition) is 1. The minimum atomic E-state index is -0.369. The number of nitrogens with zero attached hydrogens (tertiary/aromatic N) is 2. The highest BCUT2D eigenvalue weighted by atomic mass is 16.6. The van der Waals surface area contributed by atoms with Gasteiger partial charge in [-0.25, -0.2) is 0 Å². The number of nitrogens with two attached hydrogens (primary N) is 1. The molecule has 0 bridgehead atoms. The first-order chi connectivity index (χ1) is 6.57. The van der Waals surface area contributed by atoms with E-state index in [2.05, 4.69) is 4.98 Å². The zero-order valence-corrected chi connectivity index (χ0v) is 8.28. The van der Waals surface area contributed by atoms with Gasteiger partial charge in [0.25, 0.3) is 5.69 Å². The lowest BCUT2D eigenvalue weighted by Gasteiger charge is -2.05. The molecule has 0 atom stereocenters. The molecule has 76 valence electrons. The predicted molar refractivity (Wildman–Crippen MR) is 53.1 cm³/mol. The zero-order valence-electron chi connectivity index (χ0n) is 8.28. The van der Waals surface area contributed by atoms with Crippen molar-refractivity contribution < 1.29 is 4.92 Å². The summed E-state index contributed by atoms with van der Waals surface area (Å²) in [5.74, 6) is 0. The van der Waals surface area contributed by atoms with Crippen molar-refractivity contribution in [2.24, 2.45) is 5.73 Å². The van der Waals surface area contributed by atoms with Crippen molar-refractivity contribution in [1.29, 1.82) is 0 Å². The van der Waals surface area contributed by atoms with E-state index in [1.165, 1.54) is 6.20 Å². The highest BCUT2D eigenvalue weighted by molar-refractivity contribution is 5.47. The second-order valence-corrected chi connectivity index (χ2v) is 3.16. The lowest BCUT2D eigenvalue weighted by atomic mass is 10.1. The molecular formula is C9H13N3O2.